The van der Waals surface area contributed by atoms with Crippen LogP contribution in [0.15, 0.2) is 36.5 Å². The van der Waals surface area contributed by atoms with E-state index in [9.17, 15) is 18.0 Å². The second kappa shape index (κ2) is 7.49. The fraction of sp³-hybridized carbons (Fsp3) is 0.214. The van der Waals surface area contributed by atoms with Crippen molar-refractivity contribution in [3.8, 4) is 11.6 Å². The minimum absolute atomic E-state index is 0.109. The van der Waals surface area contributed by atoms with Gasteiger partial charge < -0.3 is 9.47 Å². The number of halogens is 3. The summed E-state index contributed by atoms with van der Waals surface area (Å²) in [4.78, 5) is 19.4. The molecule has 1 amide bonds. The highest BCUT2D eigenvalue weighted by atomic mass is 19.4. The first-order valence-corrected chi connectivity index (χ1v) is 6.60. The van der Waals surface area contributed by atoms with E-state index in [0.29, 0.717) is 5.88 Å². The monoisotopic (exact) mass is 342 g/mol. The number of hydrazine groups is 1. The fourth-order valence-electron chi connectivity index (χ4n) is 1.57. The zero-order valence-electron chi connectivity index (χ0n) is 12.4. The van der Waals surface area contributed by atoms with Gasteiger partial charge in [0.25, 0.3) is 5.91 Å². The van der Waals surface area contributed by atoms with E-state index < -0.39 is 24.3 Å². The summed E-state index contributed by atoms with van der Waals surface area (Å²) in [6, 6.07) is 5.54. The van der Waals surface area contributed by atoms with Gasteiger partial charge in [0.05, 0.1) is 12.7 Å². The van der Waals surface area contributed by atoms with E-state index in [1.165, 1.54) is 19.4 Å². The number of benzene rings is 1. The van der Waals surface area contributed by atoms with E-state index in [0.717, 1.165) is 24.3 Å². The second-order valence-electron chi connectivity index (χ2n) is 4.41. The maximum atomic E-state index is 12.4. The third-order valence-corrected chi connectivity index (χ3v) is 2.70. The van der Waals surface area contributed by atoms with Gasteiger partial charge in [-0.2, -0.15) is 18.2 Å². The zero-order chi connectivity index (χ0) is 17.6. The minimum atomic E-state index is -4.42. The van der Waals surface area contributed by atoms with Crippen molar-refractivity contribution in [3.63, 3.8) is 0 Å². The van der Waals surface area contributed by atoms with Crippen LogP contribution in [0.25, 0.3) is 0 Å². The smallest absolute Gasteiger partial charge is 0.416 e. The molecule has 2 aromatic rings. The van der Waals surface area contributed by atoms with Crippen LogP contribution < -0.4 is 20.3 Å². The molecule has 0 unspecified atom stereocenters. The van der Waals surface area contributed by atoms with Crippen molar-refractivity contribution in [2.75, 3.05) is 19.1 Å². The summed E-state index contributed by atoms with van der Waals surface area (Å²) >= 11 is 0. The van der Waals surface area contributed by atoms with Crippen LogP contribution in [0.4, 0.5) is 19.1 Å². The zero-order valence-corrected chi connectivity index (χ0v) is 12.4. The third kappa shape index (κ3) is 5.00. The molecule has 0 atom stereocenters. The summed E-state index contributed by atoms with van der Waals surface area (Å²) < 4.78 is 47.2. The Morgan fingerprint density at radius 2 is 1.92 bits per heavy atom. The van der Waals surface area contributed by atoms with Crippen molar-refractivity contribution in [2.45, 2.75) is 6.18 Å². The molecule has 0 fully saturated rings. The first kappa shape index (κ1) is 17.3. The largest absolute Gasteiger partial charge is 0.484 e. The van der Waals surface area contributed by atoms with Crippen molar-refractivity contribution in [1.29, 1.82) is 0 Å². The third-order valence-electron chi connectivity index (χ3n) is 2.70. The summed E-state index contributed by atoms with van der Waals surface area (Å²) in [5, 5.41) is 0. The van der Waals surface area contributed by atoms with Crippen LogP contribution in [0.3, 0.4) is 0 Å². The number of rotatable bonds is 6. The molecule has 1 aromatic carbocycles. The van der Waals surface area contributed by atoms with Gasteiger partial charge in [-0.25, -0.2) is 4.98 Å². The van der Waals surface area contributed by atoms with Gasteiger partial charge in [-0.15, -0.1) is 0 Å². The van der Waals surface area contributed by atoms with Crippen molar-refractivity contribution in [3.05, 3.63) is 42.1 Å². The lowest BCUT2D eigenvalue weighted by Gasteiger charge is -2.10. The quantitative estimate of drug-likeness (QED) is 0.782. The molecule has 0 saturated carbocycles. The van der Waals surface area contributed by atoms with E-state index in [-0.39, 0.29) is 11.7 Å². The number of nitrogens with one attached hydrogen (secondary N) is 2. The first-order valence-electron chi connectivity index (χ1n) is 6.60. The standard InChI is InChI=1S/C14H13F3N4O3/c1-23-12-6-7-18-13(19-12)21-20-11(22)8-24-10-4-2-9(3-5-10)14(15,16)17/h2-7H,8H2,1H3,(H,20,22)(H,18,19,21). The van der Waals surface area contributed by atoms with Gasteiger partial charge in [-0.05, 0) is 24.3 Å². The van der Waals surface area contributed by atoms with E-state index in [1.54, 1.807) is 0 Å². The van der Waals surface area contributed by atoms with E-state index in [1.807, 2.05) is 0 Å². The van der Waals surface area contributed by atoms with Gasteiger partial charge in [-0.1, -0.05) is 0 Å². The Labute approximate surface area is 134 Å². The lowest BCUT2D eigenvalue weighted by atomic mass is 10.2. The number of carbonyl (C=O) groups excluding carboxylic acids is 1. The molecule has 2 rings (SSSR count). The van der Waals surface area contributed by atoms with E-state index in [4.69, 9.17) is 9.47 Å². The van der Waals surface area contributed by atoms with Crippen LogP contribution in [-0.4, -0.2) is 29.6 Å². The molecule has 0 saturated heterocycles. The Balaban J connectivity index is 1.80. The molecule has 0 aliphatic carbocycles. The lowest BCUT2D eigenvalue weighted by Crippen LogP contribution is -2.34. The molecule has 7 nitrogen and oxygen atoms in total. The second-order valence-corrected chi connectivity index (χ2v) is 4.41. The first-order chi connectivity index (χ1) is 11.4. The molecule has 10 heteroatoms. The Morgan fingerprint density at radius 1 is 1.21 bits per heavy atom. The van der Waals surface area contributed by atoms with Gasteiger partial charge in [0, 0.05) is 12.3 Å². The van der Waals surface area contributed by atoms with Crippen LogP contribution in [0.2, 0.25) is 0 Å². The van der Waals surface area contributed by atoms with Crippen LogP contribution in [0.5, 0.6) is 11.6 Å². The summed E-state index contributed by atoms with van der Waals surface area (Å²) in [6.07, 6.45) is -2.99. The lowest BCUT2D eigenvalue weighted by molar-refractivity contribution is -0.137. The molecular weight excluding hydrogens is 329 g/mol. The molecular formula is C14H13F3N4O3. The predicted molar refractivity (Wildman–Crippen MR) is 77.3 cm³/mol. The molecule has 128 valence electrons. The average Bonchev–Trinajstić information content (AvgIpc) is 2.58. The number of carbonyl (C=O) groups is 1. The number of methoxy groups -OCH3 is 1. The van der Waals surface area contributed by atoms with Gasteiger partial charge in [0.1, 0.15) is 5.75 Å². The summed E-state index contributed by atoms with van der Waals surface area (Å²) in [5.41, 5.74) is 3.94. The number of amides is 1. The highest BCUT2D eigenvalue weighted by Crippen LogP contribution is 2.30. The van der Waals surface area contributed by atoms with Crippen molar-refractivity contribution >= 4 is 11.9 Å². The van der Waals surface area contributed by atoms with Crippen molar-refractivity contribution in [2.24, 2.45) is 0 Å². The Hall–Kier alpha value is -3.04. The predicted octanol–water partition coefficient (Wildman–Crippen LogP) is 2.03. The van der Waals surface area contributed by atoms with Crippen LogP contribution in [-0.2, 0) is 11.0 Å². The molecule has 0 bridgehead atoms. The number of hydrogen-bond donors (Lipinski definition) is 2. The molecule has 0 radical (unpaired) electrons. The summed E-state index contributed by atoms with van der Waals surface area (Å²) in [6.45, 7) is -0.400. The number of anilines is 1. The molecule has 0 aliphatic heterocycles. The number of nitrogens with zero attached hydrogens (tertiary/aromatic N) is 2. The van der Waals surface area contributed by atoms with Gasteiger partial charge in [-0.3, -0.25) is 15.6 Å². The van der Waals surface area contributed by atoms with Gasteiger partial charge in [0.2, 0.25) is 11.8 Å². The minimum Gasteiger partial charge on any atom is -0.484 e. The molecule has 0 spiro atoms. The van der Waals surface area contributed by atoms with E-state index >= 15 is 0 Å². The molecule has 1 aromatic heterocycles. The Bertz CT molecular complexity index is 692. The topological polar surface area (TPSA) is 85.4 Å². The highest BCUT2D eigenvalue weighted by Gasteiger charge is 2.30. The molecule has 2 N–H and O–H groups in total. The molecule has 1 heterocycles. The SMILES string of the molecule is COc1ccnc(NNC(=O)COc2ccc(C(F)(F)F)cc2)n1. The summed E-state index contributed by atoms with van der Waals surface area (Å²) in [7, 11) is 1.43. The van der Waals surface area contributed by atoms with E-state index in [2.05, 4.69) is 20.8 Å². The normalized spacial score (nSPS) is 10.8. The van der Waals surface area contributed by atoms with Gasteiger partial charge >= 0.3 is 6.18 Å². The fourth-order valence-corrected chi connectivity index (χ4v) is 1.57. The maximum absolute atomic E-state index is 12.4. The van der Waals surface area contributed by atoms with Crippen molar-refractivity contribution in [1.82, 2.24) is 15.4 Å². The number of aromatic nitrogens is 2. The van der Waals surface area contributed by atoms with Crippen molar-refractivity contribution < 1.29 is 27.4 Å². The van der Waals surface area contributed by atoms with Crippen LogP contribution >= 0.6 is 0 Å². The molecule has 0 aliphatic rings. The highest BCUT2D eigenvalue weighted by molar-refractivity contribution is 5.78. The number of ether oxygens (including phenoxy) is 2. The average molecular weight is 342 g/mol. The summed E-state index contributed by atoms with van der Waals surface area (Å²) in [5.74, 6) is -0.0166. The Kier molecular flexibility index (Phi) is 5.40. The van der Waals surface area contributed by atoms with Crippen LogP contribution in [0.1, 0.15) is 5.56 Å². The Morgan fingerprint density at radius 3 is 2.54 bits per heavy atom. The maximum Gasteiger partial charge on any atom is 0.416 e. The number of hydrogen-bond acceptors (Lipinski definition) is 6. The van der Waals surface area contributed by atoms with Gasteiger partial charge in [0.15, 0.2) is 6.61 Å². The van der Waals surface area contributed by atoms with Crippen LogP contribution in [0, 0.1) is 0 Å². The molecule has 24 heavy (non-hydrogen) atoms. The number of alkyl halides is 3.